The molecule has 20 heavy (non-hydrogen) atoms. The van der Waals surface area contributed by atoms with Crippen LogP contribution in [0.4, 0.5) is 0 Å². The molecule has 4 nitrogen and oxygen atoms in total. The Morgan fingerprint density at radius 2 is 2.00 bits per heavy atom. The molecule has 0 amide bonds. The highest BCUT2D eigenvalue weighted by molar-refractivity contribution is 7.89. The van der Waals surface area contributed by atoms with Gasteiger partial charge >= 0.3 is 0 Å². The molecule has 2 rings (SSSR count). The normalized spacial score (nSPS) is 17.2. The van der Waals surface area contributed by atoms with E-state index in [-0.39, 0.29) is 16.5 Å². The van der Waals surface area contributed by atoms with Gasteiger partial charge in [0.2, 0.25) is 10.0 Å². The molecule has 0 bridgehead atoms. The van der Waals surface area contributed by atoms with Crippen LogP contribution in [0, 0.1) is 12.8 Å². The summed E-state index contributed by atoms with van der Waals surface area (Å²) < 4.78 is 26.8. The predicted molar refractivity (Wildman–Crippen MR) is 79.7 cm³/mol. The highest BCUT2D eigenvalue weighted by Crippen LogP contribution is 2.33. The van der Waals surface area contributed by atoms with Gasteiger partial charge in [0.15, 0.2) is 0 Å². The van der Waals surface area contributed by atoms with Gasteiger partial charge in [-0.25, -0.2) is 13.1 Å². The molecule has 0 radical (unpaired) electrons. The molecule has 0 heterocycles. The number of benzene rings is 1. The van der Waals surface area contributed by atoms with Crippen LogP contribution in [0.25, 0.3) is 0 Å². The van der Waals surface area contributed by atoms with E-state index in [1.807, 2.05) is 0 Å². The summed E-state index contributed by atoms with van der Waals surface area (Å²) in [6.07, 6.45) is 2.03. The number of aliphatic hydroxyl groups is 1. The van der Waals surface area contributed by atoms with E-state index >= 15 is 0 Å². The first-order valence-electron chi connectivity index (χ1n) is 6.44. The molecule has 0 saturated heterocycles. The van der Waals surface area contributed by atoms with Crippen molar-refractivity contribution in [2.45, 2.75) is 37.2 Å². The van der Waals surface area contributed by atoms with Gasteiger partial charge in [0, 0.05) is 11.6 Å². The van der Waals surface area contributed by atoms with Gasteiger partial charge in [0.25, 0.3) is 0 Å². The molecular weight excluding hydrogens is 321 g/mol. The fourth-order valence-electron chi connectivity index (χ4n) is 1.97. The number of aliphatic hydroxyl groups excluding tert-OH is 1. The molecule has 0 aromatic heterocycles. The summed E-state index contributed by atoms with van der Waals surface area (Å²) >= 11 is 11.8. The second-order valence-electron chi connectivity index (χ2n) is 5.12. The predicted octanol–water partition coefficient (Wildman–Crippen LogP) is 2.74. The second kappa shape index (κ2) is 6.20. The number of halogens is 2. The van der Waals surface area contributed by atoms with Crippen molar-refractivity contribution in [3.8, 4) is 0 Å². The average Bonchev–Trinajstić information content (AvgIpc) is 3.17. The first-order valence-corrected chi connectivity index (χ1v) is 8.68. The zero-order valence-corrected chi connectivity index (χ0v) is 13.4. The summed E-state index contributed by atoms with van der Waals surface area (Å²) in [5.74, 6) is 0.334. The van der Waals surface area contributed by atoms with E-state index in [9.17, 15) is 13.5 Å². The van der Waals surface area contributed by atoms with Gasteiger partial charge < -0.3 is 5.11 Å². The molecule has 7 heteroatoms. The number of hydrogen-bond donors (Lipinski definition) is 2. The van der Waals surface area contributed by atoms with E-state index in [2.05, 4.69) is 4.72 Å². The molecule has 1 fully saturated rings. The Hall–Kier alpha value is -0.330. The van der Waals surface area contributed by atoms with Crippen LogP contribution in [-0.2, 0) is 10.0 Å². The van der Waals surface area contributed by atoms with Gasteiger partial charge in [-0.15, -0.1) is 0 Å². The molecule has 1 aromatic carbocycles. The van der Waals surface area contributed by atoms with Crippen molar-refractivity contribution in [2.75, 3.05) is 6.54 Å². The minimum absolute atomic E-state index is 0.0157. The van der Waals surface area contributed by atoms with Gasteiger partial charge in [-0.1, -0.05) is 23.2 Å². The van der Waals surface area contributed by atoms with E-state index in [1.54, 1.807) is 6.92 Å². The van der Waals surface area contributed by atoms with Gasteiger partial charge in [-0.05, 0) is 49.8 Å². The van der Waals surface area contributed by atoms with E-state index in [1.165, 1.54) is 12.1 Å². The Morgan fingerprint density at radius 3 is 2.60 bits per heavy atom. The Bertz CT molecular complexity index is 600. The summed E-state index contributed by atoms with van der Waals surface area (Å²) in [6.45, 7) is 1.91. The lowest BCUT2D eigenvalue weighted by Gasteiger charge is -2.12. The molecule has 112 valence electrons. The Kier molecular flexibility index (Phi) is 4.97. The van der Waals surface area contributed by atoms with Crippen molar-refractivity contribution >= 4 is 33.2 Å². The molecule has 1 aliphatic carbocycles. The van der Waals surface area contributed by atoms with Crippen LogP contribution in [0.2, 0.25) is 10.0 Å². The van der Waals surface area contributed by atoms with E-state index in [4.69, 9.17) is 23.2 Å². The van der Waals surface area contributed by atoms with Crippen LogP contribution in [0.3, 0.4) is 0 Å². The lowest BCUT2D eigenvalue weighted by atomic mass is 10.2. The highest BCUT2D eigenvalue weighted by Gasteiger charge is 2.29. The summed E-state index contributed by atoms with van der Waals surface area (Å²) in [7, 11) is -3.68. The number of sulfonamides is 1. The smallest absolute Gasteiger partial charge is 0.242 e. The van der Waals surface area contributed by atoms with Crippen LogP contribution in [-0.4, -0.2) is 26.2 Å². The van der Waals surface area contributed by atoms with Gasteiger partial charge in [0.1, 0.15) is 4.90 Å². The maximum Gasteiger partial charge on any atom is 0.242 e. The summed E-state index contributed by atoms with van der Waals surface area (Å²) in [4.78, 5) is 0.0157. The van der Waals surface area contributed by atoms with Gasteiger partial charge in [-0.2, -0.15) is 0 Å². The van der Waals surface area contributed by atoms with E-state index < -0.39 is 16.1 Å². The largest absolute Gasteiger partial charge is 0.393 e. The fourth-order valence-corrected chi connectivity index (χ4v) is 3.85. The third-order valence-corrected chi connectivity index (χ3v) is 5.73. The van der Waals surface area contributed by atoms with Crippen LogP contribution in [0.5, 0.6) is 0 Å². The van der Waals surface area contributed by atoms with Crippen molar-refractivity contribution in [3.05, 3.63) is 27.7 Å². The SMILES string of the molecule is Cc1cc(S(=O)(=O)NCC[C@H](O)C2CC2)c(Cl)cc1Cl. The zero-order chi connectivity index (χ0) is 14.9. The Labute approximate surface area is 129 Å². The first-order chi connectivity index (χ1) is 9.31. The fraction of sp³-hybridized carbons (Fsp3) is 0.538. The van der Waals surface area contributed by atoms with Crippen LogP contribution >= 0.6 is 23.2 Å². The molecule has 0 aliphatic heterocycles. The molecule has 2 N–H and O–H groups in total. The maximum atomic E-state index is 12.2. The minimum Gasteiger partial charge on any atom is -0.393 e. The standard InChI is InChI=1S/C13H17Cl2NO3S/c1-8-6-13(11(15)7-10(8)14)20(18,19)16-5-4-12(17)9-2-3-9/h6-7,9,12,16-17H,2-5H2,1H3/t12-/m0/s1. The summed E-state index contributed by atoms with van der Waals surface area (Å²) in [5, 5.41) is 10.2. The second-order valence-corrected chi connectivity index (χ2v) is 7.67. The average molecular weight is 338 g/mol. The van der Waals surface area contributed by atoms with Crippen LogP contribution in [0.1, 0.15) is 24.8 Å². The molecule has 1 saturated carbocycles. The number of nitrogens with one attached hydrogen (secondary N) is 1. The maximum absolute atomic E-state index is 12.2. The quantitative estimate of drug-likeness (QED) is 0.838. The first kappa shape index (κ1) is 16.0. The number of rotatable bonds is 6. The lowest BCUT2D eigenvalue weighted by Crippen LogP contribution is -2.28. The van der Waals surface area contributed by atoms with Crippen LogP contribution in [0.15, 0.2) is 17.0 Å². The van der Waals surface area contributed by atoms with Crippen molar-refractivity contribution in [1.82, 2.24) is 4.72 Å². The number of aryl methyl sites for hydroxylation is 1. The summed E-state index contributed by atoms with van der Waals surface area (Å²) in [5.41, 5.74) is 0.648. The Morgan fingerprint density at radius 1 is 1.35 bits per heavy atom. The van der Waals surface area contributed by atoms with E-state index in [0.29, 0.717) is 22.9 Å². The monoisotopic (exact) mass is 337 g/mol. The zero-order valence-electron chi connectivity index (χ0n) is 11.1. The number of hydrogen-bond acceptors (Lipinski definition) is 3. The van der Waals surface area contributed by atoms with Gasteiger partial charge in [0.05, 0.1) is 11.1 Å². The third kappa shape index (κ3) is 3.86. The third-order valence-electron chi connectivity index (χ3n) is 3.40. The topological polar surface area (TPSA) is 66.4 Å². The van der Waals surface area contributed by atoms with E-state index in [0.717, 1.165) is 12.8 Å². The summed E-state index contributed by atoms with van der Waals surface area (Å²) in [6, 6.07) is 2.87. The molecule has 1 aromatic rings. The molecular formula is C13H17Cl2NO3S. The molecule has 0 unspecified atom stereocenters. The van der Waals surface area contributed by atoms with Gasteiger partial charge in [-0.3, -0.25) is 0 Å². The van der Waals surface area contributed by atoms with Crippen molar-refractivity contribution in [1.29, 1.82) is 0 Å². The molecule has 1 atom stereocenters. The molecule has 0 spiro atoms. The molecule has 1 aliphatic rings. The highest BCUT2D eigenvalue weighted by atomic mass is 35.5. The van der Waals surface area contributed by atoms with Crippen molar-refractivity contribution < 1.29 is 13.5 Å². The minimum atomic E-state index is -3.68. The van der Waals surface area contributed by atoms with Crippen molar-refractivity contribution in [3.63, 3.8) is 0 Å². The van der Waals surface area contributed by atoms with Crippen molar-refractivity contribution in [2.24, 2.45) is 5.92 Å². The van der Waals surface area contributed by atoms with Crippen LogP contribution < -0.4 is 4.72 Å². The Balaban J connectivity index is 2.04. The lowest BCUT2D eigenvalue weighted by molar-refractivity contribution is 0.143.